The number of aryl methyl sites for hydroxylation is 1. The van der Waals surface area contributed by atoms with E-state index >= 15 is 0 Å². The summed E-state index contributed by atoms with van der Waals surface area (Å²) in [5.41, 5.74) is 2.00. The number of hydrogen-bond donors (Lipinski definition) is 0. The Bertz CT molecular complexity index is 1400. The zero-order chi connectivity index (χ0) is 18.1. The van der Waals surface area contributed by atoms with Crippen LogP contribution in [-0.4, -0.2) is 18.0 Å². The standard InChI is InChI=1S/C20H14N2O3S/c1-2-12-8-9-13-15(11-12)22-18-14(19(13)23)5-3-6-16(18)26(24,25)17-7-4-10-21-20(17)22/h3-11H,2H2,1H3. The Balaban J connectivity index is 2.18. The summed E-state index contributed by atoms with van der Waals surface area (Å²) in [5, 5.41) is 0.946. The molecule has 4 aromatic rings. The van der Waals surface area contributed by atoms with Gasteiger partial charge in [0.2, 0.25) is 9.84 Å². The lowest BCUT2D eigenvalue weighted by Crippen LogP contribution is -2.21. The lowest BCUT2D eigenvalue weighted by atomic mass is 10.1. The lowest BCUT2D eigenvalue weighted by molar-refractivity contribution is 0.594. The highest BCUT2D eigenvalue weighted by molar-refractivity contribution is 7.92. The molecule has 2 aromatic heterocycles. The van der Waals surface area contributed by atoms with Crippen molar-refractivity contribution in [2.24, 2.45) is 0 Å². The Hall–Kier alpha value is -2.99. The molecule has 0 aliphatic carbocycles. The lowest BCUT2D eigenvalue weighted by Gasteiger charge is -2.23. The van der Waals surface area contributed by atoms with Gasteiger partial charge in [-0.3, -0.25) is 9.36 Å². The predicted molar refractivity (Wildman–Crippen MR) is 99.7 cm³/mol. The summed E-state index contributed by atoms with van der Waals surface area (Å²) in [5.74, 6) is 0.342. The van der Waals surface area contributed by atoms with Gasteiger partial charge in [-0.1, -0.05) is 19.1 Å². The van der Waals surface area contributed by atoms with E-state index in [1.807, 2.05) is 29.7 Å². The number of nitrogens with zero attached hydrogens (tertiary/aromatic N) is 2. The van der Waals surface area contributed by atoms with Crippen LogP contribution in [0, 0.1) is 0 Å². The van der Waals surface area contributed by atoms with Gasteiger partial charge < -0.3 is 0 Å². The fourth-order valence-corrected chi connectivity index (χ4v) is 5.28. The number of hydrogen-bond acceptors (Lipinski definition) is 4. The van der Waals surface area contributed by atoms with E-state index in [4.69, 9.17) is 0 Å². The van der Waals surface area contributed by atoms with Crippen LogP contribution in [0.3, 0.4) is 0 Å². The molecule has 128 valence electrons. The maximum absolute atomic E-state index is 13.1. The van der Waals surface area contributed by atoms with E-state index in [1.165, 1.54) is 0 Å². The molecule has 0 saturated carbocycles. The van der Waals surface area contributed by atoms with E-state index in [0.29, 0.717) is 27.6 Å². The van der Waals surface area contributed by atoms with E-state index in [2.05, 4.69) is 4.98 Å². The van der Waals surface area contributed by atoms with Gasteiger partial charge in [0.25, 0.3) is 0 Å². The summed E-state index contributed by atoms with van der Waals surface area (Å²) in [6.45, 7) is 2.04. The zero-order valence-electron chi connectivity index (χ0n) is 13.9. The van der Waals surface area contributed by atoms with Crippen molar-refractivity contribution in [1.82, 2.24) is 9.55 Å². The van der Waals surface area contributed by atoms with Gasteiger partial charge >= 0.3 is 0 Å². The van der Waals surface area contributed by atoms with E-state index in [0.717, 1.165) is 12.0 Å². The highest BCUT2D eigenvalue weighted by Crippen LogP contribution is 2.38. The number of rotatable bonds is 1. The molecule has 0 bridgehead atoms. The van der Waals surface area contributed by atoms with Crippen molar-refractivity contribution in [2.45, 2.75) is 23.1 Å². The first-order chi connectivity index (χ1) is 12.5. The maximum atomic E-state index is 13.1. The maximum Gasteiger partial charge on any atom is 0.212 e. The van der Waals surface area contributed by atoms with Crippen molar-refractivity contribution in [3.05, 3.63) is 70.5 Å². The van der Waals surface area contributed by atoms with Gasteiger partial charge in [-0.05, 0) is 48.4 Å². The minimum absolute atomic E-state index is 0.149. The average molecular weight is 362 g/mol. The second-order valence-electron chi connectivity index (χ2n) is 6.35. The average Bonchev–Trinajstić information content (AvgIpc) is 2.67. The summed E-state index contributed by atoms with van der Waals surface area (Å²) in [4.78, 5) is 17.7. The van der Waals surface area contributed by atoms with Crippen molar-refractivity contribution >= 4 is 31.6 Å². The molecule has 1 aliphatic heterocycles. The summed E-state index contributed by atoms with van der Waals surface area (Å²) in [6.07, 6.45) is 2.39. The molecule has 0 N–H and O–H groups in total. The second-order valence-corrected chi connectivity index (χ2v) is 8.24. The largest absolute Gasteiger partial charge is 0.291 e. The molecular formula is C20H14N2O3S. The van der Waals surface area contributed by atoms with Crippen molar-refractivity contribution in [3.63, 3.8) is 0 Å². The normalized spacial score (nSPS) is 14.5. The molecule has 5 rings (SSSR count). The van der Waals surface area contributed by atoms with Gasteiger partial charge in [0, 0.05) is 17.0 Å². The molecule has 5 nitrogen and oxygen atoms in total. The van der Waals surface area contributed by atoms with Crippen LogP contribution >= 0.6 is 0 Å². The first-order valence-corrected chi connectivity index (χ1v) is 9.83. The van der Waals surface area contributed by atoms with Crippen LogP contribution in [0.1, 0.15) is 12.5 Å². The van der Waals surface area contributed by atoms with Crippen LogP contribution < -0.4 is 5.43 Å². The number of fused-ring (bicyclic) bond motifs is 4. The van der Waals surface area contributed by atoms with Gasteiger partial charge in [-0.15, -0.1) is 0 Å². The van der Waals surface area contributed by atoms with Gasteiger partial charge in [-0.25, -0.2) is 13.4 Å². The van der Waals surface area contributed by atoms with Crippen molar-refractivity contribution in [1.29, 1.82) is 0 Å². The molecule has 0 atom stereocenters. The molecular weight excluding hydrogens is 348 g/mol. The van der Waals surface area contributed by atoms with Crippen molar-refractivity contribution in [3.8, 4) is 5.82 Å². The highest BCUT2D eigenvalue weighted by atomic mass is 32.2. The third-order valence-corrected chi connectivity index (χ3v) is 6.77. The first-order valence-electron chi connectivity index (χ1n) is 8.35. The predicted octanol–water partition coefficient (Wildman–Crippen LogP) is 3.25. The Morgan fingerprint density at radius 2 is 1.81 bits per heavy atom. The molecule has 0 unspecified atom stereocenters. The monoisotopic (exact) mass is 362 g/mol. The Kier molecular flexibility index (Phi) is 2.95. The quantitative estimate of drug-likeness (QED) is 0.429. The van der Waals surface area contributed by atoms with Crippen LogP contribution in [0.2, 0.25) is 0 Å². The van der Waals surface area contributed by atoms with Crippen LogP contribution in [0.25, 0.3) is 27.6 Å². The summed E-state index contributed by atoms with van der Waals surface area (Å²) < 4.78 is 28.0. The number of sulfone groups is 1. The molecule has 3 heterocycles. The number of aromatic nitrogens is 2. The highest BCUT2D eigenvalue weighted by Gasteiger charge is 2.33. The summed E-state index contributed by atoms with van der Waals surface area (Å²) in [6, 6.07) is 13.7. The minimum Gasteiger partial charge on any atom is -0.291 e. The molecule has 2 aromatic carbocycles. The molecule has 0 saturated heterocycles. The summed E-state index contributed by atoms with van der Waals surface area (Å²) in [7, 11) is -3.73. The third kappa shape index (κ3) is 1.77. The molecule has 0 fully saturated rings. The third-order valence-electron chi connectivity index (χ3n) is 4.96. The van der Waals surface area contributed by atoms with E-state index in [1.54, 1.807) is 36.5 Å². The number of benzene rings is 2. The molecule has 0 amide bonds. The van der Waals surface area contributed by atoms with Gasteiger partial charge in [0.05, 0.1) is 15.9 Å². The molecule has 0 spiro atoms. The van der Waals surface area contributed by atoms with E-state index in [9.17, 15) is 13.2 Å². The molecule has 1 aliphatic rings. The van der Waals surface area contributed by atoms with Crippen LogP contribution in [-0.2, 0) is 16.3 Å². The molecule has 0 radical (unpaired) electrons. The van der Waals surface area contributed by atoms with E-state index < -0.39 is 9.84 Å². The SMILES string of the molecule is CCc1ccc2c(=O)c3cccc4c3n(c2c1)-c1ncccc1S4(=O)=O. The zero-order valence-corrected chi connectivity index (χ0v) is 14.7. The molecule has 6 heteroatoms. The first kappa shape index (κ1) is 15.3. The Morgan fingerprint density at radius 1 is 1.00 bits per heavy atom. The van der Waals surface area contributed by atoms with Gasteiger partial charge in [-0.2, -0.15) is 0 Å². The Morgan fingerprint density at radius 3 is 2.62 bits per heavy atom. The van der Waals surface area contributed by atoms with Crippen molar-refractivity contribution < 1.29 is 8.42 Å². The number of para-hydroxylation sites is 1. The van der Waals surface area contributed by atoms with Crippen molar-refractivity contribution in [2.75, 3.05) is 0 Å². The van der Waals surface area contributed by atoms with Crippen LogP contribution in [0.15, 0.2) is 69.3 Å². The Labute approximate surface area is 149 Å². The second kappa shape index (κ2) is 5.02. The van der Waals surface area contributed by atoms with Gasteiger partial charge in [0.1, 0.15) is 4.90 Å². The fraction of sp³-hybridized carbons (Fsp3) is 0.100. The number of pyridine rings is 2. The van der Waals surface area contributed by atoms with Gasteiger partial charge in [0.15, 0.2) is 11.2 Å². The van der Waals surface area contributed by atoms with Crippen LogP contribution in [0.5, 0.6) is 0 Å². The minimum atomic E-state index is -3.73. The van der Waals surface area contributed by atoms with E-state index in [-0.39, 0.29) is 15.2 Å². The smallest absolute Gasteiger partial charge is 0.212 e. The topological polar surface area (TPSA) is 69.0 Å². The van der Waals surface area contributed by atoms with Crippen LogP contribution in [0.4, 0.5) is 0 Å². The fourth-order valence-electron chi connectivity index (χ4n) is 3.69. The molecule has 26 heavy (non-hydrogen) atoms. The summed E-state index contributed by atoms with van der Waals surface area (Å²) >= 11 is 0.